The minimum Gasteiger partial charge on any atom is -0.454 e. The van der Waals surface area contributed by atoms with E-state index >= 15 is 0 Å². The number of carbonyl (C=O) groups excluding carboxylic acids is 2. The Morgan fingerprint density at radius 2 is 1.74 bits per heavy atom. The molecule has 0 saturated heterocycles. The van der Waals surface area contributed by atoms with Gasteiger partial charge >= 0.3 is 5.97 Å². The van der Waals surface area contributed by atoms with Crippen LogP contribution in [-0.2, 0) is 17.6 Å². The van der Waals surface area contributed by atoms with Crippen LogP contribution in [0.2, 0.25) is 5.02 Å². The van der Waals surface area contributed by atoms with Gasteiger partial charge in [-0.3, -0.25) is 4.79 Å². The average Bonchev–Trinajstić information content (AvgIpc) is 2.59. The summed E-state index contributed by atoms with van der Waals surface area (Å²) in [6.07, 6.45) is 4.45. The van der Waals surface area contributed by atoms with Gasteiger partial charge in [0.05, 0.1) is 10.6 Å². The van der Waals surface area contributed by atoms with Crippen molar-refractivity contribution in [1.29, 1.82) is 0 Å². The summed E-state index contributed by atoms with van der Waals surface area (Å²) in [7, 11) is 0. The lowest BCUT2D eigenvalue weighted by Gasteiger charge is -2.16. The highest BCUT2D eigenvalue weighted by Crippen LogP contribution is 2.22. The Morgan fingerprint density at radius 3 is 2.52 bits per heavy atom. The molecule has 1 aliphatic rings. The minimum absolute atomic E-state index is 0.196. The third-order valence-corrected chi connectivity index (χ3v) is 4.43. The van der Waals surface area contributed by atoms with Crippen molar-refractivity contribution in [3.63, 3.8) is 0 Å². The lowest BCUT2D eigenvalue weighted by Crippen LogP contribution is -2.15. The van der Waals surface area contributed by atoms with E-state index in [0.29, 0.717) is 10.6 Å². The van der Waals surface area contributed by atoms with Crippen LogP contribution in [0.1, 0.15) is 44.7 Å². The molecule has 1 aliphatic carbocycles. The predicted molar refractivity (Wildman–Crippen MR) is 89.1 cm³/mol. The number of ether oxygens (including phenoxy) is 1. The Morgan fingerprint density at radius 1 is 1.00 bits per heavy atom. The number of carbonyl (C=O) groups is 2. The van der Waals surface area contributed by atoms with Gasteiger partial charge in [-0.15, -0.1) is 0 Å². The first kappa shape index (κ1) is 15.8. The van der Waals surface area contributed by atoms with Gasteiger partial charge in [-0.2, -0.15) is 0 Å². The molecule has 3 nitrogen and oxygen atoms in total. The summed E-state index contributed by atoms with van der Waals surface area (Å²) in [6, 6.07) is 12.4. The summed E-state index contributed by atoms with van der Waals surface area (Å²) < 4.78 is 5.10. The van der Waals surface area contributed by atoms with E-state index in [0.717, 1.165) is 19.3 Å². The first-order valence-electron chi connectivity index (χ1n) is 7.72. The van der Waals surface area contributed by atoms with Crippen LogP contribution in [0.5, 0.6) is 0 Å². The zero-order valence-corrected chi connectivity index (χ0v) is 13.4. The van der Waals surface area contributed by atoms with Gasteiger partial charge in [-0.05, 0) is 55.0 Å². The molecular weight excluding hydrogens is 312 g/mol. The van der Waals surface area contributed by atoms with Crippen LogP contribution in [-0.4, -0.2) is 18.4 Å². The van der Waals surface area contributed by atoms with Crippen molar-refractivity contribution in [2.45, 2.75) is 25.7 Å². The molecule has 0 spiro atoms. The molecule has 118 valence electrons. The van der Waals surface area contributed by atoms with E-state index in [1.165, 1.54) is 17.5 Å². The van der Waals surface area contributed by atoms with Crippen LogP contribution in [0.3, 0.4) is 0 Å². The fourth-order valence-corrected chi connectivity index (χ4v) is 3.04. The molecule has 3 rings (SSSR count). The third-order valence-electron chi connectivity index (χ3n) is 4.10. The number of Topliss-reactive ketones (excluding diaryl/α,β-unsaturated/α-hetero) is 1. The normalized spacial score (nSPS) is 13.3. The topological polar surface area (TPSA) is 43.4 Å². The molecule has 0 N–H and O–H groups in total. The molecule has 0 aromatic heterocycles. The van der Waals surface area contributed by atoms with Gasteiger partial charge in [-0.25, -0.2) is 4.79 Å². The molecule has 0 unspecified atom stereocenters. The highest BCUT2D eigenvalue weighted by molar-refractivity contribution is 6.33. The van der Waals surface area contributed by atoms with Crippen LogP contribution in [0.4, 0.5) is 0 Å². The number of hydrogen-bond acceptors (Lipinski definition) is 3. The number of ketones is 1. The third kappa shape index (κ3) is 3.62. The summed E-state index contributed by atoms with van der Waals surface area (Å²) in [4.78, 5) is 24.2. The summed E-state index contributed by atoms with van der Waals surface area (Å²) in [5, 5.41) is 0.318. The van der Waals surface area contributed by atoms with E-state index in [2.05, 4.69) is 0 Å². The number of halogens is 1. The Labute approximate surface area is 140 Å². The quantitative estimate of drug-likeness (QED) is 0.622. The van der Waals surface area contributed by atoms with Crippen LogP contribution >= 0.6 is 11.6 Å². The van der Waals surface area contributed by atoms with Crippen molar-refractivity contribution in [3.8, 4) is 0 Å². The van der Waals surface area contributed by atoms with Crippen molar-refractivity contribution in [1.82, 2.24) is 0 Å². The molecule has 0 bridgehead atoms. The van der Waals surface area contributed by atoms with Gasteiger partial charge in [0.2, 0.25) is 0 Å². The maximum atomic E-state index is 12.2. The standard InChI is InChI=1S/C19H17ClO3/c20-17-8-4-3-7-16(17)19(22)23-12-18(21)15-10-9-13-5-1-2-6-14(13)11-15/h3-4,7-11H,1-2,5-6,12H2. The van der Waals surface area contributed by atoms with Crippen LogP contribution in [0, 0.1) is 0 Å². The highest BCUT2D eigenvalue weighted by atomic mass is 35.5. The first-order chi connectivity index (χ1) is 11.1. The molecule has 0 radical (unpaired) electrons. The monoisotopic (exact) mass is 328 g/mol. The van der Waals surface area contributed by atoms with Gasteiger partial charge in [0.1, 0.15) is 0 Å². The lowest BCUT2D eigenvalue weighted by atomic mass is 9.90. The van der Waals surface area contributed by atoms with Gasteiger partial charge in [0.25, 0.3) is 0 Å². The van der Waals surface area contributed by atoms with E-state index in [9.17, 15) is 9.59 Å². The zero-order valence-electron chi connectivity index (χ0n) is 12.7. The highest BCUT2D eigenvalue weighted by Gasteiger charge is 2.16. The summed E-state index contributed by atoms with van der Waals surface area (Å²) in [6.45, 7) is -0.275. The predicted octanol–water partition coefficient (Wildman–Crippen LogP) is 4.26. The van der Waals surface area contributed by atoms with E-state index in [1.54, 1.807) is 24.3 Å². The molecular formula is C19H17ClO3. The van der Waals surface area contributed by atoms with Crippen molar-refractivity contribution in [2.24, 2.45) is 0 Å². The van der Waals surface area contributed by atoms with E-state index in [-0.39, 0.29) is 18.0 Å². The molecule has 0 amide bonds. The second kappa shape index (κ2) is 6.97. The van der Waals surface area contributed by atoms with E-state index < -0.39 is 5.97 Å². The average molecular weight is 329 g/mol. The van der Waals surface area contributed by atoms with E-state index in [1.807, 2.05) is 18.2 Å². The second-order valence-corrected chi connectivity index (χ2v) is 6.08. The van der Waals surface area contributed by atoms with Gasteiger partial charge in [0, 0.05) is 5.56 Å². The Balaban J connectivity index is 1.66. The number of esters is 1. The van der Waals surface area contributed by atoms with Gasteiger partial charge in [-0.1, -0.05) is 35.9 Å². The van der Waals surface area contributed by atoms with E-state index in [4.69, 9.17) is 16.3 Å². The molecule has 2 aromatic carbocycles. The molecule has 0 saturated carbocycles. The van der Waals surface area contributed by atoms with Gasteiger partial charge < -0.3 is 4.74 Å². The summed E-state index contributed by atoms with van der Waals surface area (Å²) in [5.74, 6) is -0.777. The largest absolute Gasteiger partial charge is 0.454 e. The molecule has 0 fully saturated rings. The molecule has 4 heteroatoms. The Bertz CT molecular complexity index is 752. The number of fused-ring (bicyclic) bond motifs is 1. The molecule has 0 atom stereocenters. The summed E-state index contributed by atoms with van der Waals surface area (Å²) in [5.41, 5.74) is 3.42. The van der Waals surface area contributed by atoms with Crippen LogP contribution in [0.25, 0.3) is 0 Å². The maximum absolute atomic E-state index is 12.2. The Kier molecular flexibility index (Phi) is 4.77. The first-order valence-corrected chi connectivity index (χ1v) is 8.09. The second-order valence-electron chi connectivity index (χ2n) is 5.67. The number of rotatable bonds is 4. The van der Waals surface area contributed by atoms with Crippen LogP contribution < -0.4 is 0 Å². The van der Waals surface area contributed by atoms with Crippen molar-refractivity contribution < 1.29 is 14.3 Å². The number of aryl methyl sites for hydroxylation is 2. The lowest BCUT2D eigenvalue weighted by molar-refractivity contribution is 0.0475. The van der Waals surface area contributed by atoms with Crippen molar-refractivity contribution in [3.05, 3.63) is 69.7 Å². The fourth-order valence-electron chi connectivity index (χ4n) is 2.83. The van der Waals surface area contributed by atoms with Crippen LogP contribution in [0.15, 0.2) is 42.5 Å². The maximum Gasteiger partial charge on any atom is 0.340 e. The van der Waals surface area contributed by atoms with Crippen molar-refractivity contribution in [2.75, 3.05) is 6.61 Å². The summed E-state index contributed by atoms with van der Waals surface area (Å²) >= 11 is 5.95. The number of hydrogen-bond donors (Lipinski definition) is 0. The fraction of sp³-hybridized carbons (Fsp3) is 0.263. The SMILES string of the molecule is O=C(COC(=O)c1ccccc1Cl)c1ccc2c(c1)CCCC2. The Hall–Kier alpha value is -2.13. The molecule has 0 aliphatic heterocycles. The van der Waals surface area contributed by atoms with Crippen molar-refractivity contribution >= 4 is 23.4 Å². The molecule has 2 aromatic rings. The molecule has 0 heterocycles. The smallest absolute Gasteiger partial charge is 0.340 e. The number of benzene rings is 2. The minimum atomic E-state index is -0.582. The van der Waals surface area contributed by atoms with Gasteiger partial charge in [0.15, 0.2) is 12.4 Å². The zero-order chi connectivity index (χ0) is 16.2. The molecule has 23 heavy (non-hydrogen) atoms.